The summed E-state index contributed by atoms with van der Waals surface area (Å²) in [6.45, 7) is 1.89. The Morgan fingerprint density at radius 3 is 2.71 bits per heavy atom. The summed E-state index contributed by atoms with van der Waals surface area (Å²) >= 11 is 0. The second-order valence-electron chi connectivity index (χ2n) is 3.02. The van der Waals surface area contributed by atoms with Gasteiger partial charge in [0.25, 0.3) is 0 Å². The zero-order valence-corrected chi connectivity index (χ0v) is 8.02. The maximum absolute atomic E-state index is 10.5. The van der Waals surface area contributed by atoms with Crippen LogP contribution >= 0.6 is 0 Å². The summed E-state index contributed by atoms with van der Waals surface area (Å²) in [6, 6.07) is 4.38. The molecule has 0 aliphatic rings. The standard InChI is InChI=1S/C9H12N2O3/c1-6(10-2)7-3-4-9(12)8(5-7)11(13)14/h3-6,10,12H,1-2H3/t6-/m1/s1. The van der Waals surface area contributed by atoms with Crippen LogP contribution in [-0.4, -0.2) is 17.1 Å². The molecule has 0 radical (unpaired) electrons. The lowest BCUT2D eigenvalue weighted by molar-refractivity contribution is -0.385. The van der Waals surface area contributed by atoms with Gasteiger partial charge in [-0.05, 0) is 25.6 Å². The van der Waals surface area contributed by atoms with E-state index in [-0.39, 0.29) is 17.5 Å². The number of nitro benzene ring substituents is 1. The van der Waals surface area contributed by atoms with Crippen LogP contribution in [0.1, 0.15) is 18.5 Å². The number of hydrogen-bond acceptors (Lipinski definition) is 4. The molecule has 0 heterocycles. The molecule has 0 saturated carbocycles. The van der Waals surface area contributed by atoms with Crippen molar-refractivity contribution in [2.75, 3.05) is 7.05 Å². The van der Waals surface area contributed by atoms with Gasteiger partial charge >= 0.3 is 5.69 Å². The van der Waals surface area contributed by atoms with Crippen LogP contribution in [0.15, 0.2) is 18.2 Å². The maximum Gasteiger partial charge on any atom is 0.311 e. The molecular weight excluding hydrogens is 184 g/mol. The molecular formula is C9H12N2O3. The first-order valence-electron chi connectivity index (χ1n) is 4.21. The third-order valence-corrected chi connectivity index (χ3v) is 2.13. The van der Waals surface area contributed by atoms with Gasteiger partial charge in [-0.15, -0.1) is 0 Å². The molecule has 14 heavy (non-hydrogen) atoms. The molecule has 5 nitrogen and oxygen atoms in total. The zero-order chi connectivity index (χ0) is 10.7. The lowest BCUT2D eigenvalue weighted by atomic mass is 10.1. The second kappa shape index (κ2) is 4.06. The molecule has 0 amide bonds. The number of phenols is 1. The minimum Gasteiger partial charge on any atom is -0.502 e. The Labute approximate surface area is 81.5 Å². The Bertz CT molecular complexity index is 352. The highest BCUT2D eigenvalue weighted by atomic mass is 16.6. The summed E-state index contributed by atoms with van der Waals surface area (Å²) in [6.07, 6.45) is 0. The van der Waals surface area contributed by atoms with Crippen LogP contribution in [0, 0.1) is 10.1 Å². The summed E-state index contributed by atoms with van der Waals surface area (Å²) in [7, 11) is 1.77. The van der Waals surface area contributed by atoms with Gasteiger partial charge in [-0.3, -0.25) is 10.1 Å². The third kappa shape index (κ3) is 2.00. The largest absolute Gasteiger partial charge is 0.502 e. The van der Waals surface area contributed by atoms with E-state index in [4.69, 9.17) is 0 Å². The molecule has 2 N–H and O–H groups in total. The SMILES string of the molecule is CN[C@H](C)c1ccc(O)c([N+](=O)[O-])c1. The van der Waals surface area contributed by atoms with Crippen molar-refractivity contribution in [3.8, 4) is 5.75 Å². The molecule has 1 rings (SSSR count). The molecule has 0 aliphatic carbocycles. The lowest BCUT2D eigenvalue weighted by Gasteiger charge is -2.09. The van der Waals surface area contributed by atoms with Gasteiger partial charge in [-0.2, -0.15) is 0 Å². The van der Waals surface area contributed by atoms with E-state index < -0.39 is 4.92 Å². The van der Waals surface area contributed by atoms with Gasteiger partial charge in [-0.1, -0.05) is 6.07 Å². The molecule has 0 spiro atoms. The summed E-state index contributed by atoms with van der Waals surface area (Å²) in [5.74, 6) is -0.304. The molecule has 0 aromatic heterocycles. The smallest absolute Gasteiger partial charge is 0.311 e. The molecule has 0 aliphatic heterocycles. The molecule has 0 fully saturated rings. The quantitative estimate of drug-likeness (QED) is 0.568. The van der Waals surface area contributed by atoms with E-state index in [1.54, 1.807) is 13.1 Å². The molecule has 1 aromatic rings. The van der Waals surface area contributed by atoms with Crippen LogP contribution in [0.4, 0.5) is 5.69 Å². The fourth-order valence-corrected chi connectivity index (χ4v) is 1.12. The number of nitrogens with one attached hydrogen (secondary N) is 1. The van der Waals surface area contributed by atoms with E-state index in [1.165, 1.54) is 12.1 Å². The normalized spacial score (nSPS) is 12.4. The van der Waals surface area contributed by atoms with Crippen molar-refractivity contribution in [2.45, 2.75) is 13.0 Å². The van der Waals surface area contributed by atoms with Gasteiger partial charge in [0.15, 0.2) is 5.75 Å². The molecule has 5 heteroatoms. The van der Waals surface area contributed by atoms with E-state index >= 15 is 0 Å². The molecule has 1 atom stereocenters. The van der Waals surface area contributed by atoms with Crippen LogP contribution in [0.3, 0.4) is 0 Å². The number of benzene rings is 1. The van der Waals surface area contributed by atoms with E-state index in [2.05, 4.69) is 5.32 Å². The molecule has 0 unspecified atom stereocenters. The predicted molar refractivity (Wildman–Crippen MR) is 52.2 cm³/mol. The van der Waals surface area contributed by atoms with Crippen molar-refractivity contribution in [1.29, 1.82) is 0 Å². The van der Waals surface area contributed by atoms with Gasteiger partial charge in [-0.25, -0.2) is 0 Å². The van der Waals surface area contributed by atoms with Gasteiger partial charge in [0.2, 0.25) is 0 Å². The Kier molecular flexibility index (Phi) is 3.03. The number of rotatable bonds is 3. The van der Waals surface area contributed by atoms with Crippen molar-refractivity contribution < 1.29 is 10.0 Å². The van der Waals surface area contributed by atoms with Crippen LogP contribution in [0.25, 0.3) is 0 Å². The predicted octanol–water partition coefficient (Wildman–Crippen LogP) is 1.58. The molecule has 76 valence electrons. The van der Waals surface area contributed by atoms with Crippen LogP contribution in [0.5, 0.6) is 5.75 Å². The first-order chi connectivity index (χ1) is 6.56. The van der Waals surface area contributed by atoms with Gasteiger partial charge in [0, 0.05) is 12.1 Å². The average Bonchev–Trinajstić information content (AvgIpc) is 2.17. The van der Waals surface area contributed by atoms with E-state index in [0.717, 1.165) is 5.56 Å². The highest BCUT2D eigenvalue weighted by molar-refractivity contribution is 5.48. The number of phenolic OH excluding ortho intramolecular Hbond substituents is 1. The van der Waals surface area contributed by atoms with Crippen LogP contribution < -0.4 is 5.32 Å². The summed E-state index contributed by atoms with van der Waals surface area (Å²) in [5.41, 5.74) is 0.515. The molecule has 0 bridgehead atoms. The summed E-state index contributed by atoms with van der Waals surface area (Å²) in [5, 5.41) is 22.7. The molecule has 1 aromatic carbocycles. The maximum atomic E-state index is 10.5. The number of hydrogen-bond donors (Lipinski definition) is 2. The minimum atomic E-state index is -0.596. The highest BCUT2D eigenvalue weighted by Crippen LogP contribution is 2.28. The summed E-state index contributed by atoms with van der Waals surface area (Å²) < 4.78 is 0. The topological polar surface area (TPSA) is 75.4 Å². The van der Waals surface area contributed by atoms with Crippen LogP contribution in [-0.2, 0) is 0 Å². The first kappa shape index (κ1) is 10.5. The van der Waals surface area contributed by atoms with E-state index in [0.29, 0.717) is 0 Å². The Balaban J connectivity index is 3.12. The zero-order valence-electron chi connectivity index (χ0n) is 8.02. The van der Waals surface area contributed by atoms with E-state index in [1.807, 2.05) is 6.92 Å². The average molecular weight is 196 g/mol. The second-order valence-corrected chi connectivity index (χ2v) is 3.02. The van der Waals surface area contributed by atoms with Gasteiger partial charge in [0.1, 0.15) is 0 Å². The van der Waals surface area contributed by atoms with Gasteiger partial charge in [0.05, 0.1) is 4.92 Å². The molecule has 0 saturated heterocycles. The van der Waals surface area contributed by atoms with Gasteiger partial charge < -0.3 is 10.4 Å². The van der Waals surface area contributed by atoms with Crippen molar-refractivity contribution in [1.82, 2.24) is 5.32 Å². The summed E-state index contributed by atoms with van der Waals surface area (Å²) in [4.78, 5) is 9.91. The number of nitrogens with zero attached hydrogens (tertiary/aromatic N) is 1. The first-order valence-corrected chi connectivity index (χ1v) is 4.21. The minimum absolute atomic E-state index is 0.0225. The lowest BCUT2D eigenvalue weighted by Crippen LogP contribution is -2.12. The van der Waals surface area contributed by atoms with Crippen molar-refractivity contribution in [2.24, 2.45) is 0 Å². The highest BCUT2D eigenvalue weighted by Gasteiger charge is 2.15. The third-order valence-electron chi connectivity index (χ3n) is 2.13. The number of nitro groups is 1. The fourth-order valence-electron chi connectivity index (χ4n) is 1.12. The Hall–Kier alpha value is -1.62. The number of aromatic hydroxyl groups is 1. The Morgan fingerprint density at radius 2 is 2.21 bits per heavy atom. The Morgan fingerprint density at radius 1 is 1.57 bits per heavy atom. The monoisotopic (exact) mass is 196 g/mol. The van der Waals surface area contributed by atoms with Crippen molar-refractivity contribution >= 4 is 5.69 Å². The van der Waals surface area contributed by atoms with Crippen molar-refractivity contribution in [3.63, 3.8) is 0 Å². The van der Waals surface area contributed by atoms with Crippen LogP contribution in [0.2, 0.25) is 0 Å². The van der Waals surface area contributed by atoms with E-state index in [9.17, 15) is 15.2 Å². The van der Waals surface area contributed by atoms with Crippen molar-refractivity contribution in [3.05, 3.63) is 33.9 Å². The fraction of sp³-hybridized carbons (Fsp3) is 0.333.